The first-order valence-corrected chi connectivity index (χ1v) is 7.31. The molecule has 1 fully saturated rings. The maximum atomic E-state index is 3.60. The first kappa shape index (κ1) is 12.4. The highest BCUT2D eigenvalue weighted by Crippen LogP contribution is 2.46. The molecule has 0 aromatic carbocycles. The number of unbranched alkanes of at least 4 members (excludes halogenated alkanes) is 4. The van der Waals surface area contributed by atoms with E-state index in [0.29, 0.717) is 4.75 Å². The molecule has 1 aliphatic carbocycles. The fourth-order valence-electron chi connectivity index (χ4n) is 1.76. The van der Waals surface area contributed by atoms with Crippen molar-refractivity contribution < 1.29 is 0 Å². The zero-order chi connectivity index (χ0) is 10.3. The zero-order valence-corrected chi connectivity index (χ0v) is 10.6. The van der Waals surface area contributed by atoms with Gasteiger partial charge in [0.05, 0.1) is 0 Å². The van der Waals surface area contributed by atoms with Crippen molar-refractivity contribution in [2.45, 2.75) is 56.6 Å². The van der Waals surface area contributed by atoms with E-state index in [1.807, 2.05) is 11.8 Å². The van der Waals surface area contributed by atoms with E-state index in [9.17, 15) is 0 Å². The van der Waals surface area contributed by atoms with E-state index < -0.39 is 0 Å². The van der Waals surface area contributed by atoms with Crippen molar-refractivity contribution in [1.82, 2.24) is 5.32 Å². The summed E-state index contributed by atoms with van der Waals surface area (Å²) in [4.78, 5) is 0. The van der Waals surface area contributed by atoms with Gasteiger partial charge in [-0.25, -0.2) is 0 Å². The maximum Gasteiger partial charge on any atom is 0.0282 e. The maximum absolute atomic E-state index is 3.60. The van der Waals surface area contributed by atoms with Crippen LogP contribution < -0.4 is 5.32 Å². The van der Waals surface area contributed by atoms with Crippen LogP contribution in [-0.2, 0) is 0 Å². The molecule has 0 radical (unpaired) electrons. The summed E-state index contributed by atoms with van der Waals surface area (Å²) in [6.45, 7) is 4.74. The topological polar surface area (TPSA) is 12.0 Å². The van der Waals surface area contributed by atoms with Gasteiger partial charge < -0.3 is 5.32 Å². The van der Waals surface area contributed by atoms with Crippen molar-refractivity contribution >= 4 is 11.8 Å². The molecule has 1 saturated carbocycles. The molecular formula is C12H25NS. The Morgan fingerprint density at radius 3 is 2.43 bits per heavy atom. The molecule has 0 atom stereocenters. The summed E-state index contributed by atoms with van der Waals surface area (Å²) in [5, 5.41) is 3.60. The van der Waals surface area contributed by atoms with E-state index >= 15 is 0 Å². The highest BCUT2D eigenvalue weighted by atomic mass is 32.2. The number of hydrogen-bond acceptors (Lipinski definition) is 2. The lowest BCUT2D eigenvalue weighted by atomic mass is 10.1. The van der Waals surface area contributed by atoms with Crippen LogP contribution in [0, 0.1) is 0 Å². The summed E-state index contributed by atoms with van der Waals surface area (Å²) in [6.07, 6.45) is 12.1. The Morgan fingerprint density at radius 2 is 1.86 bits per heavy atom. The van der Waals surface area contributed by atoms with Crippen LogP contribution in [0.25, 0.3) is 0 Å². The molecule has 1 rings (SSSR count). The van der Waals surface area contributed by atoms with E-state index in [1.165, 1.54) is 58.0 Å². The van der Waals surface area contributed by atoms with Crippen molar-refractivity contribution in [2.75, 3.05) is 19.3 Å². The molecule has 1 aliphatic rings. The molecule has 1 N–H and O–H groups in total. The van der Waals surface area contributed by atoms with E-state index in [0.717, 1.165) is 0 Å². The minimum atomic E-state index is 0.642. The summed E-state index contributed by atoms with van der Waals surface area (Å²) in [5.74, 6) is 0. The minimum Gasteiger partial charge on any atom is -0.315 e. The van der Waals surface area contributed by atoms with Crippen molar-refractivity contribution in [3.63, 3.8) is 0 Å². The number of hydrogen-bond donors (Lipinski definition) is 1. The van der Waals surface area contributed by atoms with Crippen LogP contribution in [0.15, 0.2) is 0 Å². The molecule has 2 heteroatoms. The van der Waals surface area contributed by atoms with Gasteiger partial charge in [0.25, 0.3) is 0 Å². The van der Waals surface area contributed by atoms with Gasteiger partial charge in [0.2, 0.25) is 0 Å². The lowest BCUT2D eigenvalue weighted by molar-refractivity contribution is 0.577. The van der Waals surface area contributed by atoms with Gasteiger partial charge in [0.15, 0.2) is 0 Å². The Hall–Kier alpha value is 0.310. The number of rotatable bonds is 9. The smallest absolute Gasteiger partial charge is 0.0282 e. The second-order valence-corrected chi connectivity index (χ2v) is 5.75. The molecule has 0 amide bonds. The average molecular weight is 215 g/mol. The van der Waals surface area contributed by atoms with Crippen molar-refractivity contribution in [1.29, 1.82) is 0 Å². The molecule has 84 valence electrons. The van der Waals surface area contributed by atoms with E-state index in [4.69, 9.17) is 0 Å². The van der Waals surface area contributed by atoms with Crippen LogP contribution in [-0.4, -0.2) is 24.1 Å². The summed E-state index contributed by atoms with van der Waals surface area (Å²) in [5.41, 5.74) is 0. The molecule has 0 aromatic heterocycles. The Balaban J connectivity index is 1.80. The lowest BCUT2D eigenvalue weighted by Gasteiger charge is -2.12. The van der Waals surface area contributed by atoms with Crippen molar-refractivity contribution in [3.8, 4) is 0 Å². The van der Waals surface area contributed by atoms with Crippen molar-refractivity contribution in [2.24, 2.45) is 0 Å². The van der Waals surface area contributed by atoms with Crippen LogP contribution >= 0.6 is 11.8 Å². The zero-order valence-electron chi connectivity index (χ0n) is 9.77. The first-order valence-electron chi connectivity index (χ1n) is 6.09. The fourth-order valence-corrected chi connectivity index (χ4v) is 2.52. The van der Waals surface area contributed by atoms with Gasteiger partial charge in [0, 0.05) is 11.3 Å². The molecule has 0 aromatic rings. The van der Waals surface area contributed by atoms with Gasteiger partial charge in [0.1, 0.15) is 0 Å². The summed E-state index contributed by atoms with van der Waals surface area (Å²) < 4.78 is 0.642. The predicted octanol–water partition coefficient (Wildman–Crippen LogP) is 3.44. The fraction of sp³-hybridized carbons (Fsp3) is 1.00. The lowest BCUT2D eigenvalue weighted by Crippen LogP contribution is -2.26. The molecule has 0 aliphatic heterocycles. The van der Waals surface area contributed by atoms with Crippen LogP contribution in [0.5, 0.6) is 0 Å². The number of nitrogens with one attached hydrogen (secondary N) is 1. The van der Waals surface area contributed by atoms with Crippen molar-refractivity contribution in [3.05, 3.63) is 0 Å². The normalized spacial score (nSPS) is 18.4. The van der Waals surface area contributed by atoms with Gasteiger partial charge in [-0.15, -0.1) is 0 Å². The molecule has 0 unspecified atom stereocenters. The highest BCUT2D eigenvalue weighted by molar-refractivity contribution is 8.00. The molecule has 0 heterocycles. The Kier molecular flexibility index (Phi) is 5.95. The van der Waals surface area contributed by atoms with Gasteiger partial charge in [-0.2, -0.15) is 11.8 Å². The van der Waals surface area contributed by atoms with E-state index in [-0.39, 0.29) is 0 Å². The second kappa shape index (κ2) is 6.73. The van der Waals surface area contributed by atoms with Crippen LogP contribution in [0.3, 0.4) is 0 Å². The largest absolute Gasteiger partial charge is 0.315 e. The second-order valence-electron chi connectivity index (χ2n) is 4.48. The Labute approximate surface area is 93.4 Å². The monoisotopic (exact) mass is 215 g/mol. The van der Waals surface area contributed by atoms with Gasteiger partial charge in [-0.05, 0) is 32.1 Å². The summed E-state index contributed by atoms with van der Waals surface area (Å²) in [6, 6.07) is 0. The molecule has 0 spiro atoms. The molecule has 1 nitrogen and oxygen atoms in total. The molecule has 0 bridgehead atoms. The average Bonchev–Trinajstić information content (AvgIpc) is 2.98. The highest BCUT2D eigenvalue weighted by Gasteiger charge is 2.41. The molecule has 14 heavy (non-hydrogen) atoms. The third-order valence-electron chi connectivity index (χ3n) is 3.14. The summed E-state index contributed by atoms with van der Waals surface area (Å²) >= 11 is 2.05. The molecular weight excluding hydrogens is 190 g/mol. The third-order valence-corrected chi connectivity index (χ3v) is 4.56. The van der Waals surface area contributed by atoms with E-state index in [2.05, 4.69) is 18.5 Å². The third kappa shape index (κ3) is 4.70. The predicted molar refractivity (Wildman–Crippen MR) is 67.1 cm³/mol. The molecule has 0 saturated heterocycles. The quantitative estimate of drug-likeness (QED) is 0.591. The standard InChI is InChI=1S/C12H25NS/c1-3-4-5-6-7-10-13-11-12(14-2)8-9-12/h13H,3-11H2,1-2H3. The first-order chi connectivity index (χ1) is 6.83. The Morgan fingerprint density at radius 1 is 1.14 bits per heavy atom. The SMILES string of the molecule is CCCCCCCNCC1(SC)CC1. The van der Waals surface area contributed by atoms with E-state index in [1.54, 1.807) is 0 Å². The van der Waals surface area contributed by atoms with Crippen LogP contribution in [0.4, 0.5) is 0 Å². The van der Waals surface area contributed by atoms with Gasteiger partial charge in [-0.3, -0.25) is 0 Å². The Bertz CT molecular complexity index is 143. The number of thioether (sulfide) groups is 1. The van der Waals surface area contributed by atoms with Gasteiger partial charge >= 0.3 is 0 Å². The van der Waals surface area contributed by atoms with Crippen LogP contribution in [0.2, 0.25) is 0 Å². The minimum absolute atomic E-state index is 0.642. The van der Waals surface area contributed by atoms with Gasteiger partial charge in [-0.1, -0.05) is 32.6 Å². The summed E-state index contributed by atoms with van der Waals surface area (Å²) in [7, 11) is 0. The van der Waals surface area contributed by atoms with Crippen LogP contribution in [0.1, 0.15) is 51.9 Å².